The minimum atomic E-state index is -0.0434. The maximum absolute atomic E-state index is 11.7. The molecule has 0 saturated carbocycles. The van der Waals surface area contributed by atoms with Crippen LogP contribution >= 0.6 is 11.8 Å². The third-order valence-electron chi connectivity index (χ3n) is 2.86. The number of rotatable bonds is 8. The first-order valence-corrected chi connectivity index (χ1v) is 8.54. The van der Waals surface area contributed by atoms with Crippen LogP contribution in [0.25, 0.3) is 11.5 Å². The Morgan fingerprint density at radius 3 is 2.87 bits per heavy atom. The van der Waals surface area contributed by atoms with Gasteiger partial charge in [-0.05, 0) is 25.0 Å². The summed E-state index contributed by atoms with van der Waals surface area (Å²) in [6.45, 7) is 7.24. The van der Waals surface area contributed by atoms with E-state index in [9.17, 15) is 4.79 Å². The molecule has 0 radical (unpaired) electrons. The maximum atomic E-state index is 11.7. The monoisotopic (exact) mass is 335 g/mol. The predicted octanol–water partition coefficient (Wildman–Crippen LogP) is 3.00. The van der Waals surface area contributed by atoms with Crippen LogP contribution in [0.4, 0.5) is 0 Å². The Morgan fingerprint density at radius 1 is 1.35 bits per heavy atom. The van der Waals surface area contributed by atoms with Gasteiger partial charge >= 0.3 is 0 Å². The highest BCUT2D eigenvalue weighted by atomic mass is 32.2. The molecule has 0 unspecified atom stereocenters. The first-order valence-electron chi connectivity index (χ1n) is 7.55. The highest BCUT2D eigenvalue weighted by Crippen LogP contribution is 2.30. The molecule has 1 heterocycles. The summed E-state index contributed by atoms with van der Waals surface area (Å²) in [7, 11) is 0. The molecule has 0 saturated heterocycles. The summed E-state index contributed by atoms with van der Waals surface area (Å²) in [5.74, 6) is 1.72. The van der Waals surface area contributed by atoms with Gasteiger partial charge in [0, 0.05) is 6.54 Å². The van der Waals surface area contributed by atoms with E-state index in [0.717, 1.165) is 5.56 Å². The summed E-state index contributed by atoms with van der Waals surface area (Å²) in [6, 6.07) is 7.49. The minimum absolute atomic E-state index is 0.0434. The molecule has 0 atom stereocenters. The Morgan fingerprint density at radius 2 is 2.13 bits per heavy atom. The van der Waals surface area contributed by atoms with Gasteiger partial charge in [-0.2, -0.15) is 0 Å². The molecule has 1 aromatic heterocycles. The lowest BCUT2D eigenvalue weighted by molar-refractivity contribution is -0.118. The number of nitrogens with zero attached hydrogens (tertiary/aromatic N) is 2. The van der Waals surface area contributed by atoms with Crippen molar-refractivity contribution in [1.29, 1.82) is 0 Å². The van der Waals surface area contributed by atoms with Crippen LogP contribution in [0, 0.1) is 5.92 Å². The number of ether oxygens (including phenoxy) is 1. The van der Waals surface area contributed by atoms with Gasteiger partial charge in [0.05, 0.1) is 17.9 Å². The summed E-state index contributed by atoms with van der Waals surface area (Å²) in [6.07, 6.45) is 0. The van der Waals surface area contributed by atoms with Crippen LogP contribution in [0.3, 0.4) is 0 Å². The Hall–Kier alpha value is -2.02. The Kier molecular flexibility index (Phi) is 6.46. The van der Waals surface area contributed by atoms with Crippen molar-refractivity contribution in [3.05, 3.63) is 24.3 Å². The molecule has 1 amide bonds. The van der Waals surface area contributed by atoms with Crippen LogP contribution in [0.2, 0.25) is 0 Å². The quantitative estimate of drug-likeness (QED) is 0.747. The van der Waals surface area contributed by atoms with Crippen LogP contribution in [-0.2, 0) is 4.79 Å². The van der Waals surface area contributed by atoms with E-state index in [0.29, 0.717) is 35.9 Å². The molecule has 0 aliphatic heterocycles. The van der Waals surface area contributed by atoms with E-state index >= 15 is 0 Å². The second-order valence-corrected chi connectivity index (χ2v) is 6.22. The third-order valence-corrected chi connectivity index (χ3v) is 3.68. The molecular weight excluding hydrogens is 314 g/mol. The minimum Gasteiger partial charge on any atom is -0.493 e. The van der Waals surface area contributed by atoms with Crippen LogP contribution < -0.4 is 10.1 Å². The van der Waals surface area contributed by atoms with E-state index in [-0.39, 0.29) is 11.7 Å². The predicted molar refractivity (Wildman–Crippen MR) is 89.5 cm³/mol. The molecule has 124 valence electrons. The topological polar surface area (TPSA) is 77.2 Å². The number of aromatic nitrogens is 2. The van der Waals surface area contributed by atoms with Crippen molar-refractivity contribution in [2.45, 2.75) is 26.0 Å². The fourth-order valence-electron chi connectivity index (χ4n) is 1.80. The number of carbonyl (C=O) groups excluding carboxylic acids is 1. The summed E-state index contributed by atoms with van der Waals surface area (Å²) < 4.78 is 11.2. The van der Waals surface area contributed by atoms with E-state index in [1.807, 2.05) is 45.0 Å². The van der Waals surface area contributed by atoms with Gasteiger partial charge in [0.2, 0.25) is 5.91 Å². The largest absolute Gasteiger partial charge is 0.493 e. The second-order valence-electron chi connectivity index (χ2n) is 5.29. The highest BCUT2D eigenvalue weighted by molar-refractivity contribution is 7.99. The van der Waals surface area contributed by atoms with Crippen molar-refractivity contribution in [3.8, 4) is 17.2 Å². The summed E-state index contributed by atoms with van der Waals surface area (Å²) in [4.78, 5) is 11.7. The van der Waals surface area contributed by atoms with Crippen molar-refractivity contribution in [3.63, 3.8) is 0 Å². The van der Waals surface area contributed by atoms with Crippen molar-refractivity contribution in [2.24, 2.45) is 5.92 Å². The van der Waals surface area contributed by atoms with E-state index in [4.69, 9.17) is 9.15 Å². The van der Waals surface area contributed by atoms with Gasteiger partial charge in [0.15, 0.2) is 0 Å². The molecule has 0 spiro atoms. The smallest absolute Gasteiger partial charge is 0.277 e. The fraction of sp³-hybridized carbons (Fsp3) is 0.438. The second kappa shape index (κ2) is 8.57. The molecule has 0 aliphatic rings. The number of para-hydroxylation sites is 1. The van der Waals surface area contributed by atoms with Gasteiger partial charge in [0.25, 0.3) is 11.1 Å². The number of hydrogen-bond acceptors (Lipinski definition) is 6. The van der Waals surface area contributed by atoms with E-state index in [1.54, 1.807) is 0 Å². The van der Waals surface area contributed by atoms with E-state index < -0.39 is 0 Å². The molecule has 1 aromatic carbocycles. The summed E-state index contributed by atoms with van der Waals surface area (Å²) in [5.41, 5.74) is 0.748. The lowest BCUT2D eigenvalue weighted by Gasteiger charge is -2.06. The number of amides is 1. The van der Waals surface area contributed by atoms with Gasteiger partial charge in [-0.15, -0.1) is 10.2 Å². The van der Waals surface area contributed by atoms with Crippen LogP contribution in [-0.4, -0.2) is 35.0 Å². The molecule has 0 aliphatic carbocycles. The van der Waals surface area contributed by atoms with Crippen molar-refractivity contribution >= 4 is 17.7 Å². The molecule has 2 rings (SSSR count). The van der Waals surface area contributed by atoms with Crippen molar-refractivity contribution in [2.75, 3.05) is 18.9 Å². The van der Waals surface area contributed by atoms with E-state index in [2.05, 4.69) is 15.5 Å². The summed E-state index contributed by atoms with van der Waals surface area (Å²) in [5, 5.41) is 11.2. The molecule has 1 N–H and O–H groups in total. The summed E-state index contributed by atoms with van der Waals surface area (Å²) >= 11 is 1.22. The average Bonchev–Trinajstić information content (AvgIpc) is 3.00. The molecular formula is C16H21N3O3S. The lowest BCUT2D eigenvalue weighted by atomic mass is 10.2. The maximum Gasteiger partial charge on any atom is 0.277 e. The fourth-order valence-corrected chi connectivity index (χ4v) is 2.39. The normalized spacial score (nSPS) is 10.8. The van der Waals surface area contributed by atoms with Gasteiger partial charge < -0.3 is 14.5 Å². The Bertz CT molecular complexity index is 643. The molecule has 0 bridgehead atoms. The van der Waals surface area contributed by atoms with Gasteiger partial charge in [-0.25, -0.2) is 0 Å². The van der Waals surface area contributed by atoms with Gasteiger partial charge in [-0.3, -0.25) is 4.79 Å². The SMILES string of the molecule is CCOc1ccccc1-c1nnc(SCC(=O)NCC(C)C)o1. The molecule has 0 fully saturated rings. The van der Waals surface area contributed by atoms with E-state index in [1.165, 1.54) is 11.8 Å². The van der Waals surface area contributed by atoms with Crippen LogP contribution in [0.5, 0.6) is 5.75 Å². The van der Waals surface area contributed by atoms with Gasteiger partial charge in [0.1, 0.15) is 5.75 Å². The van der Waals surface area contributed by atoms with Crippen LogP contribution in [0.1, 0.15) is 20.8 Å². The number of nitrogens with one attached hydrogen (secondary N) is 1. The highest BCUT2D eigenvalue weighted by Gasteiger charge is 2.14. The lowest BCUT2D eigenvalue weighted by Crippen LogP contribution is -2.28. The number of benzene rings is 1. The van der Waals surface area contributed by atoms with Crippen molar-refractivity contribution < 1.29 is 13.9 Å². The number of hydrogen-bond donors (Lipinski definition) is 1. The zero-order chi connectivity index (χ0) is 16.7. The number of carbonyl (C=O) groups is 1. The first kappa shape index (κ1) is 17.3. The zero-order valence-electron chi connectivity index (χ0n) is 13.5. The molecule has 23 heavy (non-hydrogen) atoms. The molecule has 6 nitrogen and oxygen atoms in total. The Labute approximate surface area is 140 Å². The van der Waals surface area contributed by atoms with Crippen LogP contribution in [0.15, 0.2) is 33.9 Å². The molecule has 7 heteroatoms. The zero-order valence-corrected chi connectivity index (χ0v) is 14.4. The Balaban J connectivity index is 1.97. The average molecular weight is 335 g/mol. The number of thioether (sulfide) groups is 1. The first-order chi connectivity index (χ1) is 11.1. The molecule has 2 aromatic rings. The standard InChI is InChI=1S/C16H21N3O3S/c1-4-21-13-8-6-5-7-12(13)15-18-19-16(22-15)23-10-14(20)17-9-11(2)3/h5-8,11H,4,9-10H2,1-3H3,(H,17,20). The third kappa shape index (κ3) is 5.28. The van der Waals surface area contributed by atoms with Crippen molar-refractivity contribution in [1.82, 2.24) is 15.5 Å². The van der Waals surface area contributed by atoms with Gasteiger partial charge in [-0.1, -0.05) is 37.7 Å².